The first-order valence-electron chi connectivity index (χ1n) is 5.23. The molecule has 18 heavy (non-hydrogen) atoms. The van der Waals surface area contributed by atoms with Gasteiger partial charge in [-0.1, -0.05) is 40.9 Å². The molecule has 6 heteroatoms. The molecule has 0 unspecified atom stereocenters. The van der Waals surface area contributed by atoms with Crippen molar-refractivity contribution in [3.05, 3.63) is 50.9 Å². The maximum atomic E-state index is 6.01. The summed E-state index contributed by atoms with van der Waals surface area (Å²) >= 11 is 17.6. The zero-order chi connectivity index (χ0) is 13.1. The number of anilines is 1. The van der Waals surface area contributed by atoms with Crippen LogP contribution >= 0.6 is 34.8 Å². The van der Waals surface area contributed by atoms with Gasteiger partial charge in [0.1, 0.15) is 11.0 Å². The Balaban J connectivity index is 2.10. The van der Waals surface area contributed by atoms with Gasteiger partial charge in [0.15, 0.2) is 0 Å². The summed E-state index contributed by atoms with van der Waals surface area (Å²) in [6, 6.07) is 5.50. The summed E-state index contributed by atoms with van der Waals surface area (Å²) in [5.74, 6) is 0.506. The summed E-state index contributed by atoms with van der Waals surface area (Å²) in [6.45, 7) is 2.51. The second-order valence-corrected chi connectivity index (χ2v) is 4.93. The zero-order valence-corrected chi connectivity index (χ0v) is 11.8. The number of aromatic nitrogens is 2. The first-order valence-corrected chi connectivity index (χ1v) is 6.36. The first kappa shape index (κ1) is 13.4. The Morgan fingerprint density at radius 2 is 1.94 bits per heavy atom. The number of aryl methyl sites for hydroxylation is 1. The SMILES string of the molecule is Cc1ccc(CNc2nc(Cl)c(Cl)cc2Cl)cn1. The van der Waals surface area contributed by atoms with Crippen molar-refractivity contribution in [3.8, 4) is 0 Å². The van der Waals surface area contributed by atoms with Crippen LogP contribution in [0.4, 0.5) is 5.82 Å². The van der Waals surface area contributed by atoms with Gasteiger partial charge in [0.25, 0.3) is 0 Å². The Morgan fingerprint density at radius 3 is 2.61 bits per heavy atom. The van der Waals surface area contributed by atoms with Gasteiger partial charge in [-0.25, -0.2) is 4.98 Å². The highest BCUT2D eigenvalue weighted by atomic mass is 35.5. The van der Waals surface area contributed by atoms with E-state index in [1.807, 2.05) is 19.1 Å². The third-order valence-electron chi connectivity index (χ3n) is 2.32. The Hall–Kier alpha value is -1.03. The van der Waals surface area contributed by atoms with Crippen LogP contribution in [-0.4, -0.2) is 9.97 Å². The van der Waals surface area contributed by atoms with Crippen LogP contribution in [0.3, 0.4) is 0 Å². The molecule has 1 N–H and O–H groups in total. The second kappa shape index (κ2) is 5.74. The van der Waals surface area contributed by atoms with Gasteiger partial charge in [0.2, 0.25) is 0 Å². The molecule has 2 aromatic heterocycles. The first-order chi connectivity index (χ1) is 8.56. The van der Waals surface area contributed by atoms with Crippen LogP contribution in [0.1, 0.15) is 11.3 Å². The second-order valence-electron chi connectivity index (χ2n) is 3.75. The predicted octanol–water partition coefficient (Wildman–Crippen LogP) is 4.36. The Kier molecular flexibility index (Phi) is 4.27. The minimum atomic E-state index is 0.227. The van der Waals surface area contributed by atoms with Crippen LogP contribution in [0.15, 0.2) is 24.4 Å². The third-order valence-corrected chi connectivity index (χ3v) is 3.28. The fourth-order valence-corrected chi connectivity index (χ4v) is 1.92. The lowest BCUT2D eigenvalue weighted by Gasteiger charge is -2.08. The van der Waals surface area contributed by atoms with Crippen LogP contribution in [0.25, 0.3) is 0 Å². The molecule has 0 spiro atoms. The molecule has 2 heterocycles. The Bertz CT molecular complexity index is 555. The molecular weight excluding hydrogens is 293 g/mol. The lowest BCUT2D eigenvalue weighted by Crippen LogP contribution is -2.03. The van der Waals surface area contributed by atoms with Gasteiger partial charge in [-0.05, 0) is 24.6 Å². The van der Waals surface area contributed by atoms with Crippen LogP contribution in [-0.2, 0) is 6.54 Å². The number of nitrogens with one attached hydrogen (secondary N) is 1. The molecular formula is C12H10Cl3N3. The number of nitrogens with zero attached hydrogens (tertiary/aromatic N) is 2. The van der Waals surface area contributed by atoms with Gasteiger partial charge in [-0.2, -0.15) is 0 Å². The molecule has 0 radical (unpaired) electrons. The van der Waals surface area contributed by atoms with Crippen LogP contribution in [0, 0.1) is 6.92 Å². The van der Waals surface area contributed by atoms with Gasteiger partial charge < -0.3 is 5.32 Å². The van der Waals surface area contributed by atoms with Crippen molar-refractivity contribution in [3.63, 3.8) is 0 Å². The molecule has 0 saturated heterocycles. The highest BCUT2D eigenvalue weighted by Crippen LogP contribution is 2.28. The van der Waals surface area contributed by atoms with Gasteiger partial charge in [0, 0.05) is 18.4 Å². The maximum Gasteiger partial charge on any atom is 0.150 e. The third kappa shape index (κ3) is 3.25. The highest BCUT2D eigenvalue weighted by molar-refractivity contribution is 6.42. The smallest absolute Gasteiger partial charge is 0.150 e. The van der Waals surface area contributed by atoms with Crippen LogP contribution in [0.2, 0.25) is 15.2 Å². The molecule has 0 aliphatic heterocycles. The van der Waals surface area contributed by atoms with Crippen molar-refractivity contribution in [2.24, 2.45) is 0 Å². The van der Waals surface area contributed by atoms with E-state index in [0.29, 0.717) is 22.4 Å². The number of rotatable bonds is 3. The molecule has 0 fully saturated rings. The van der Waals surface area contributed by atoms with Gasteiger partial charge >= 0.3 is 0 Å². The average Bonchev–Trinajstić information content (AvgIpc) is 2.34. The van der Waals surface area contributed by atoms with E-state index < -0.39 is 0 Å². The maximum absolute atomic E-state index is 6.01. The standard InChI is InChI=1S/C12H10Cl3N3/c1-7-2-3-8(5-16-7)6-17-12-10(14)4-9(13)11(15)18-12/h2-5H,6H2,1H3,(H,17,18). The molecule has 2 rings (SSSR count). The van der Waals surface area contributed by atoms with Crippen molar-refractivity contribution in [2.75, 3.05) is 5.32 Å². The largest absolute Gasteiger partial charge is 0.365 e. The fourth-order valence-electron chi connectivity index (χ4n) is 1.36. The molecule has 0 atom stereocenters. The Morgan fingerprint density at radius 1 is 1.17 bits per heavy atom. The van der Waals surface area contributed by atoms with Crippen molar-refractivity contribution in [1.29, 1.82) is 0 Å². The summed E-state index contributed by atoms with van der Waals surface area (Å²) in [6.07, 6.45) is 1.80. The van der Waals surface area contributed by atoms with E-state index in [1.165, 1.54) is 0 Å². The van der Waals surface area contributed by atoms with Gasteiger partial charge in [-0.3, -0.25) is 4.98 Å². The predicted molar refractivity (Wildman–Crippen MR) is 75.6 cm³/mol. The van der Waals surface area contributed by atoms with Crippen molar-refractivity contribution >= 4 is 40.6 Å². The average molecular weight is 303 g/mol. The summed E-state index contributed by atoms with van der Waals surface area (Å²) in [4.78, 5) is 8.28. The molecule has 94 valence electrons. The summed E-state index contributed by atoms with van der Waals surface area (Å²) in [7, 11) is 0. The zero-order valence-electron chi connectivity index (χ0n) is 9.54. The van der Waals surface area contributed by atoms with Crippen molar-refractivity contribution < 1.29 is 0 Å². The fraction of sp³-hybridized carbons (Fsp3) is 0.167. The lowest BCUT2D eigenvalue weighted by molar-refractivity contribution is 1.07. The number of hydrogen-bond acceptors (Lipinski definition) is 3. The molecule has 0 bridgehead atoms. The number of hydrogen-bond donors (Lipinski definition) is 1. The Labute approximate surface area is 120 Å². The normalized spacial score (nSPS) is 10.4. The molecule has 0 aliphatic carbocycles. The number of halogens is 3. The van der Waals surface area contributed by atoms with Crippen LogP contribution in [0.5, 0.6) is 0 Å². The summed E-state index contributed by atoms with van der Waals surface area (Å²) in [5.41, 5.74) is 2.01. The van der Waals surface area contributed by atoms with E-state index in [1.54, 1.807) is 12.3 Å². The van der Waals surface area contributed by atoms with Crippen molar-refractivity contribution in [2.45, 2.75) is 13.5 Å². The topological polar surface area (TPSA) is 37.8 Å². The van der Waals surface area contributed by atoms with E-state index in [2.05, 4.69) is 15.3 Å². The van der Waals surface area contributed by atoms with Crippen LogP contribution < -0.4 is 5.32 Å². The number of pyridine rings is 2. The molecule has 0 amide bonds. The molecule has 0 saturated carbocycles. The summed E-state index contributed by atoms with van der Waals surface area (Å²) < 4.78 is 0. The molecule has 0 aliphatic rings. The highest BCUT2D eigenvalue weighted by Gasteiger charge is 2.07. The van der Waals surface area contributed by atoms with E-state index in [4.69, 9.17) is 34.8 Å². The molecule has 2 aromatic rings. The molecule has 3 nitrogen and oxygen atoms in total. The monoisotopic (exact) mass is 301 g/mol. The van der Waals surface area contributed by atoms with E-state index in [9.17, 15) is 0 Å². The van der Waals surface area contributed by atoms with E-state index in [-0.39, 0.29) is 5.15 Å². The molecule has 0 aromatic carbocycles. The van der Waals surface area contributed by atoms with E-state index in [0.717, 1.165) is 11.3 Å². The minimum Gasteiger partial charge on any atom is -0.365 e. The summed E-state index contributed by atoms with van der Waals surface area (Å²) in [5, 5.41) is 4.09. The van der Waals surface area contributed by atoms with Gasteiger partial charge in [-0.15, -0.1) is 0 Å². The minimum absolute atomic E-state index is 0.227. The van der Waals surface area contributed by atoms with Crippen molar-refractivity contribution in [1.82, 2.24) is 9.97 Å². The quantitative estimate of drug-likeness (QED) is 0.856. The van der Waals surface area contributed by atoms with E-state index >= 15 is 0 Å². The lowest BCUT2D eigenvalue weighted by atomic mass is 10.2. The van der Waals surface area contributed by atoms with Gasteiger partial charge in [0.05, 0.1) is 10.0 Å².